The molecule has 1 aromatic carbocycles. The smallest absolute Gasteiger partial charge is 0.252 e. The number of rotatable bonds is 5. The van der Waals surface area contributed by atoms with Crippen LogP contribution in [0.5, 0.6) is 0 Å². The number of nitrogens with one attached hydrogen (secondary N) is 2. The molecule has 5 nitrogen and oxygen atoms in total. The summed E-state index contributed by atoms with van der Waals surface area (Å²) in [4.78, 5) is 23.7. The first-order valence-corrected chi connectivity index (χ1v) is 6.64. The summed E-state index contributed by atoms with van der Waals surface area (Å²) in [6, 6.07) is 7.10. The van der Waals surface area contributed by atoms with Crippen molar-refractivity contribution in [1.29, 1.82) is 0 Å². The molecule has 2 rings (SSSR count). The molecule has 1 aromatic rings. The maximum atomic E-state index is 12.0. The van der Waals surface area contributed by atoms with E-state index in [9.17, 15) is 9.59 Å². The van der Waals surface area contributed by atoms with Gasteiger partial charge in [-0.2, -0.15) is 0 Å². The van der Waals surface area contributed by atoms with Gasteiger partial charge in [0.05, 0.1) is 18.1 Å². The minimum absolute atomic E-state index is 0.0999. The normalized spacial score (nSPS) is 17.6. The zero-order valence-electron chi connectivity index (χ0n) is 12.0. The quantitative estimate of drug-likeness (QED) is 0.854. The molecular weight excluding hydrogens is 256 g/mol. The summed E-state index contributed by atoms with van der Waals surface area (Å²) in [7, 11) is 1.61. The standard InChI is InChI=1S/C15H20N2O3/c1-15(2,20-3)9-16-13(18)8-12-10-6-4-5-7-11(10)14(19)17-12/h4-7,12H,8-9H2,1-3H3,(H,16,18)(H,17,19)/t12-/m0/s1. The molecule has 1 aliphatic rings. The molecule has 1 aliphatic heterocycles. The summed E-state index contributed by atoms with van der Waals surface area (Å²) in [6.45, 7) is 4.24. The third-order valence-corrected chi connectivity index (χ3v) is 3.54. The van der Waals surface area contributed by atoms with Gasteiger partial charge in [-0.05, 0) is 25.5 Å². The van der Waals surface area contributed by atoms with Crippen molar-refractivity contribution >= 4 is 11.8 Å². The molecular formula is C15H20N2O3. The largest absolute Gasteiger partial charge is 0.377 e. The number of carbonyl (C=O) groups excluding carboxylic acids is 2. The fourth-order valence-corrected chi connectivity index (χ4v) is 2.12. The van der Waals surface area contributed by atoms with Crippen LogP contribution in [0.15, 0.2) is 24.3 Å². The van der Waals surface area contributed by atoms with E-state index in [0.29, 0.717) is 12.1 Å². The molecule has 5 heteroatoms. The summed E-state index contributed by atoms with van der Waals surface area (Å²) in [5.74, 6) is -0.215. The van der Waals surface area contributed by atoms with E-state index in [1.165, 1.54) is 0 Å². The Balaban J connectivity index is 1.95. The highest BCUT2D eigenvalue weighted by atomic mass is 16.5. The van der Waals surface area contributed by atoms with Gasteiger partial charge in [0.15, 0.2) is 0 Å². The Morgan fingerprint density at radius 2 is 2.10 bits per heavy atom. The Morgan fingerprint density at radius 1 is 1.40 bits per heavy atom. The van der Waals surface area contributed by atoms with Crippen molar-refractivity contribution in [3.63, 3.8) is 0 Å². The predicted octanol–water partition coefficient (Wildman–Crippen LogP) is 1.40. The number of fused-ring (bicyclic) bond motifs is 1. The Kier molecular flexibility index (Phi) is 4.09. The average molecular weight is 276 g/mol. The number of ether oxygens (including phenoxy) is 1. The van der Waals surface area contributed by atoms with Crippen LogP contribution in [0, 0.1) is 0 Å². The van der Waals surface area contributed by atoms with Gasteiger partial charge in [-0.15, -0.1) is 0 Å². The highest BCUT2D eigenvalue weighted by Crippen LogP contribution is 2.27. The van der Waals surface area contributed by atoms with Crippen LogP contribution >= 0.6 is 0 Å². The van der Waals surface area contributed by atoms with Crippen LogP contribution in [0.3, 0.4) is 0 Å². The van der Waals surface area contributed by atoms with Crippen LogP contribution in [0.2, 0.25) is 0 Å². The second-order valence-corrected chi connectivity index (χ2v) is 5.56. The molecule has 1 atom stereocenters. The molecule has 0 spiro atoms. The number of amides is 2. The van der Waals surface area contributed by atoms with Crippen molar-refractivity contribution in [2.45, 2.75) is 31.9 Å². The van der Waals surface area contributed by atoms with Gasteiger partial charge < -0.3 is 15.4 Å². The molecule has 0 aromatic heterocycles. The third-order valence-electron chi connectivity index (χ3n) is 3.54. The van der Waals surface area contributed by atoms with Crippen LogP contribution in [0.1, 0.15) is 42.2 Å². The van der Waals surface area contributed by atoms with Crippen LogP contribution in [0.4, 0.5) is 0 Å². The number of benzene rings is 1. The fraction of sp³-hybridized carbons (Fsp3) is 0.467. The molecule has 0 bridgehead atoms. The number of methoxy groups -OCH3 is 1. The van der Waals surface area contributed by atoms with E-state index in [4.69, 9.17) is 4.74 Å². The molecule has 0 saturated heterocycles. The molecule has 0 unspecified atom stereocenters. The molecule has 0 aliphatic carbocycles. The second-order valence-electron chi connectivity index (χ2n) is 5.56. The summed E-state index contributed by atoms with van der Waals surface area (Å²) < 4.78 is 5.25. The van der Waals surface area contributed by atoms with Gasteiger partial charge >= 0.3 is 0 Å². The first-order chi connectivity index (χ1) is 9.43. The predicted molar refractivity (Wildman–Crippen MR) is 75.4 cm³/mol. The van der Waals surface area contributed by atoms with Gasteiger partial charge in [-0.25, -0.2) is 0 Å². The van der Waals surface area contributed by atoms with Crippen molar-refractivity contribution in [2.24, 2.45) is 0 Å². The van der Waals surface area contributed by atoms with Crippen molar-refractivity contribution in [1.82, 2.24) is 10.6 Å². The minimum Gasteiger partial charge on any atom is -0.377 e. The Labute approximate surface area is 118 Å². The van der Waals surface area contributed by atoms with Crippen molar-refractivity contribution in [3.8, 4) is 0 Å². The highest BCUT2D eigenvalue weighted by Gasteiger charge is 2.29. The Morgan fingerprint density at radius 3 is 2.80 bits per heavy atom. The van der Waals surface area contributed by atoms with Crippen LogP contribution in [0.25, 0.3) is 0 Å². The van der Waals surface area contributed by atoms with Crippen molar-refractivity contribution in [3.05, 3.63) is 35.4 Å². The summed E-state index contributed by atoms with van der Waals surface area (Å²) in [5.41, 5.74) is 1.15. The molecule has 2 amide bonds. The Bertz CT molecular complexity index is 526. The number of hydrogen-bond acceptors (Lipinski definition) is 3. The molecule has 0 saturated carbocycles. The van der Waals surface area contributed by atoms with Gasteiger partial charge in [-0.1, -0.05) is 18.2 Å². The van der Waals surface area contributed by atoms with Gasteiger partial charge in [0.25, 0.3) is 5.91 Å². The van der Waals surface area contributed by atoms with Crippen LogP contribution in [-0.4, -0.2) is 31.1 Å². The van der Waals surface area contributed by atoms with Crippen LogP contribution in [-0.2, 0) is 9.53 Å². The summed E-state index contributed by atoms with van der Waals surface area (Å²) in [6.07, 6.45) is 0.239. The van der Waals surface area contributed by atoms with E-state index in [-0.39, 0.29) is 24.3 Å². The van der Waals surface area contributed by atoms with Crippen molar-refractivity contribution in [2.75, 3.05) is 13.7 Å². The summed E-state index contributed by atoms with van der Waals surface area (Å²) >= 11 is 0. The van der Waals surface area contributed by atoms with E-state index in [2.05, 4.69) is 10.6 Å². The number of hydrogen-bond donors (Lipinski definition) is 2. The average Bonchev–Trinajstić information content (AvgIpc) is 2.74. The summed E-state index contributed by atoms with van der Waals surface area (Å²) in [5, 5.41) is 5.66. The lowest BCUT2D eigenvalue weighted by atomic mass is 10.0. The monoisotopic (exact) mass is 276 g/mol. The first-order valence-electron chi connectivity index (χ1n) is 6.64. The van der Waals surface area contributed by atoms with Crippen molar-refractivity contribution < 1.29 is 14.3 Å². The molecule has 2 N–H and O–H groups in total. The van der Waals surface area contributed by atoms with E-state index < -0.39 is 5.60 Å². The first kappa shape index (κ1) is 14.5. The lowest BCUT2D eigenvalue weighted by Crippen LogP contribution is -2.40. The van der Waals surface area contributed by atoms with Gasteiger partial charge in [-0.3, -0.25) is 9.59 Å². The van der Waals surface area contributed by atoms with Gasteiger partial charge in [0.2, 0.25) is 5.91 Å². The van der Waals surface area contributed by atoms with E-state index in [1.807, 2.05) is 32.0 Å². The van der Waals surface area contributed by atoms with Crippen LogP contribution < -0.4 is 10.6 Å². The van der Waals surface area contributed by atoms with E-state index in [0.717, 1.165) is 5.56 Å². The van der Waals surface area contributed by atoms with Gasteiger partial charge in [0, 0.05) is 19.2 Å². The van der Waals surface area contributed by atoms with E-state index >= 15 is 0 Å². The van der Waals surface area contributed by atoms with Gasteiger partial charge in [0.1, 0.15) is 0 Å². The molecule has 0 fully saturated rings. The Hall–Kier alpha value is -1.88. The maximum absolute atomic E-state index is 12.0. The minimum atomic E-state index is -0.396. The lowest BCUT2D eigenvalue weighted by Gasteiger charge is -2.23. The highest BCUT2D eigenvalue weighted by molar-refractivity contribution is 5.99. The number of carbonyl (C=O) groups is 2. The molecule has 20 heavy (non-hydrogen) atoms. The molecule has 1 heterocycles. The maximum Gasteiger partial charge on any atom is 0.252 e. The zero-order valence-corrected chi connectivity index (χ0v) is 12.0. The SMILES string of the molecule is COC(C)(C)CNC(=O)C[C@@H]1NC(=O)c2ccccc21. The third kappa shape index (κ3) is 3.17. The molecule has 108 valence electrons. The molecule has 0 radical (unpaired) electrons. The zero-order chi connectivity index (χ0) is 14.8. The second kappa shape index (κ2) is 5.63. The topological polar surface area (TPSA) is 67.4 Å². The lowest BCUT2D eigenvalue weighted by molar-refractivity contribution is -0.122. The van der Waals surface area contributed by atoms with E-state index in [1.54, 1.807) is 13.2 Å². The fourth-order valence-electron chi connectivity index (χ4n) is 2.12.